The zero-order valence-corrected chi connectivity index (χ0v) is 9.55. The van der Waals surface area contributed by atoms with Gasteiger partial charge in [-0.2, -0.15) is 0 Å². The lowest BCUT2D eigenvalue weighted by atomic mass is 10.1. The van der Waals surface area contributed by atoms with E-state index < -0.39 is 6.04 Å². The normalized spacial score (nSPS) is 16.2. The Balaban J connectivity index is 2.35. The van der Waals surface area contributed by atoms with Crippen LogP contribution >= 0.6 is 0 Å². The first-order valence-electron chi connectivity index (χ1n) is 5.36. The van der Waals surface area contributed by atoms with Crippen molar-refractivity contribution in [2.45, 2.75) is 6.04 Å². The SMILES string of the molecule is COCC(CN)N1C(=O)c2ccccc2C1=O. The third-order valence-corrected chi connectivity index (χ3v) is 2.82. The Morgan fingerprint density at radius 1 is 1.24 bits per heavy atom. The van der Waals surface area contributed by atoms with Gasteiger partial charge in [-0.15, -0.1) is 0 Å². The Morgan fingerprint density at radius 3 is 2.18 bits per heavy atom. The number of carbonyl (C=O) groups excluding carboxylic acids is 2. The van der Waals surface area contributed by atoms with Crippen LogP contribution in [0.4, 0.5) is 0 Å². The molecule has 0 saturated carbocycles. The molecule has 0 aromatic heterocycles. The first kappa shape index (κ1) is 11.8. The number of hydrogen-bond donors (Lipinski definition) is 1. The van der Waals surface area contributed by atoms with Crippen LogP contribution in [0.2, 0.25) is 0 Å². The van der Waals surface area contributed by atoms with Crippen LogP contribution in [-0.4, -0.2) is 43.0 Å². The number of hydrogen-bond acceptors (Lipinski definition) is 4. The second-order valence-corrected chi connectivity index (χ2v) is 3.87. The van der Waals surface area contributed by atoms with E-state index in [1.54, 1.807) is 24.3 Å². The Morgan fingerprint density at radius 2 is 1.76 bits per heavy atom. The van der Waals surface area contributed by atoms with Crippen LogP contribution in [-0.2, 0) is 4.74 Å². The van der Waals surface area contributed by atoms with Crippen molar-refractivity contribution < 1.29 is 14.3 Å². The van der Waals surface area contributed by atoms with Crippen molar-refractivity contribution in [3.63, 3.8) is 0 Å². The van der Waals surface area contributed by atoms with Gasteiger partial charge in [-0.1, -0.05) is 12.1 Å². The van der Waals surface area contributed by atoms with Gasteiger partial charge in [-0.05, 0) is 12.1 Å². The predicted molar refractivity (Wildman–Crippen MR) is 61.7 cm³/mol. The fourth-order valence-corrected chi connectivity index (χ4v) is 1.98. The van der Waals surface area contributed by atoms with Gasteiger partial charge in [0.1, 0.15) is 0 Å². The molecule has 0 saturated heterocycles. The van der Waals surface area contributed by atoms with Gasteiger partial charge >= 0.3 is 0 Å². The number of carbonyl (C=O) groups is 2. The third kappa shape index (κ3) is 1.83. The van der Waals surface area contributed by atoms with Crippen LogP contribution in [0.25, 0.3) is 0 Å². The molecule has 1 aliphatic heterocycles. The summed E-state index contributed by atoms with van der Waals surface area (Å²) in [6.07, 6.45) is 0. The molecule has 5 nitrogen and oxygen atoms in total. The van der Waals surface area contributed by atoms with Gasteiger partial charge < -0.3 is 10.5 Å². The van der Waals surface area contributed by atoms with E-state index >= 15 is 0 Å². The van der Waals surface area contributed by atoms with E-state index in [-0.39, 0.29) is 25.0 Å². The molecule has 90 valence electrons. The highest BCUT2D eigenvalue weighted by Gasteiger charge is 2.39. The molecule has 0 fully saturated rings. The standard InChI is InChI=1S/C12H14N2O3/c1-17-7-8(6-13)14-11(15)9-4-2-3-5-10(9)12(14)16/h2-5,8H,6-7,13H2,1H3. The average Bonchev–Trinajstić information content (AvgIpc) is 2.61. The lowest BCUT2D eigenvalue weighted by Gasteiger charge is -2.23. The van der Waals surface area contributed by atoms with Crippen LogP contribution in [0.15, 0.2) is 24.3 Å². The largest absolute Gasteiger partial charge is 0.382 e. The van der Waals surface area contributed by atoms with Crippen LogP contribution < -0.4 is 5.73 Å². The van der Waals surface area contributed by atoms with Crippen LogP contribution in [0.1, 0.15) is 20.7 Å². The lowest BCUT2D eigenvalue weighted by molar-refractivity contribution is 0.0483. The molecule has 5 heteroatoms. The first-order valence-corrected chi connectivity index (χ1v) is 5.36. The molecule has 17 heavy (non-hydrogen) atoms. The molecular weight excluding hydrogens is 220 g/mol. The number of benzene rings is 1. The second-order valence-electron chi connectivity index (χ2n) is 3.87. The highest BCUT2D eigenvalue weighted by molar-refractivity contribution is 6.21. The first-order chi connectivity index (χ1) is 8.20. The van der Waals surface area contributed by atoms with Crippen LogP contribution in [0.3, 0.4) is 0 Å². The van der Waals surface area contributed by atoms with Gasteiger partial charge in [0.05, 0.1) is 23.8 Å². The third-order valence-electron chi connectivity index (χ3n) is 2.82. The molecule has 2 N–H and O–H groups in total. The minimum absolute atomic E-state index is 0.194. The summed E-state index contributed by atoms with van der Waals surface area (Å²) in [7, 11) is 1.51. The molecule has 0 bridgehead atoms. The number of nitrogens with zero attached hydrogens (tertiary/aromatic N) is 1. The summed E-state index contributed by atoms with van der Waals surface area (Å²) in [6, 6.07) is 6.36. The monoisotopic (exact) mass is 234 g/mol. The molecule has 1 unspecified atom stereocenters. The second kappa shape index (κ2) is 4.65. The molecule has 0 aliphatic carbocycles. The van der Waals surface area contributed by atoms with Crippen molar-refractivity contribution in [2.75, 3.05) is 20.3 Å². The van der Waals surface area contributed by atoms with Crippen molar-refractivity contribution in [1.82, 2.24) is 4.90 Å². The smallest absolute Gasteiger partial charge is 0.261 e. The number of ether oxygens (including phenoxy) is 1. The maximum Gasteiger partial charge on any atom is 0.261 e. The van der Waals surface area contributed by atoms with Gasteiger partial charge in [0, 0.05) is 13.7 Å². The quantitative estimate of drug-likeness (QED) is 0.758. The average molecular weight is 234 g/mol. The van der Waals surface area contributed by atoms with Crippen LogP contribution in [0, 0.1) is 0 Å². The molecule has 1 aromatic carbocycles. The van der Waals surface area contributed by atoms with E-state index in [9.17, 15) is 9.59 Å². The van der Waals surface area contributed by atoms with E-state index in [2.05, 4.69) is 0 Å². The summed E-state index contributed by atoms with van der Waals surface area (Å²) in [6.45, 7) is 0.446. The van der Waals surface area contributed by atoms with Crippen molar-refractivity contribution in [2.24, 2.45) is 5.73 Å². The van der Waals surface area contributed by atoms with E-state index in [1.807, 2.05) is 0 Å². The summed E-state index contributed by atoms with van der Waals surface area (Å²) in [4.78, 5) is 25.3. The molecule has 0 spiro atoms. The maximum absolute atomic E-state index is 12.1. The summed E-state index contributed by atoms with van der Waals surface area (Å²) >= 11 is 0. The van der Waals surface area contributed by atoms with Gasteiger partial charge in [-0.3, -0.25) is 14.5 Å². The molecule has 1 atom stereocenters. The van der Waals surface area contributed by atoms with E-state index in [0.717, 1.165) is 0 Å². The van der Waals surface area contributed by atoms with Gasteiger partial charge in [0.2, 0.25) is 0 Å². The molecular formula is C12H14N2O3. The molecule has 0 radical (unpaired) electrons. The number of nitrogens with two attached hydrogens (primary N) is 1. The number of imide groups is 1. The topological polar surface area (TPSA) is 72.6 Å². The highest BCUT2D eigenvalue weighted by Crippen LogP contribution is 2.24. The lowest BCUT2D eigenvalue weighted by Crippen LogP contribution is -2.46. The summed E-state index contributed by atoms with van der Waals surface area (Å²) in [5, 5.41) is 0. The van der Waals surface area contributed by atoms with Gasteiger partial charge in [0.25, 0.3) is 11.8 Å². The van der Waals surface area contributed by atoms with Crippen molar-refractivity contribution >= 4 is 11.8 Å². The van der Waals surface area contributed by atoms with Crippen LogP contribution in [0.5, 0.6) is 0 Å². The number of methoxy groups -OCH3 is 1. The highest BCUT2D eigenvalue weighted by atomic mass is 16.5. The fourth-order valence-electron chi connectivity index (χ4n) is 1.98. The molecule has 2 amide bonds. The molecule has 2 rings (SSSR count). The Kier molecular flexibility index (Phi) is 3.21. The fraction of sp³-hybridized carbons (Fsp3) is 0.333. The minimum Gasteiger partial charge on any atom is -0.382 e. The van der Waals surface area contributed by atoms with E-state index in [4.69, 9.17) is 10.5 Å². The number of amides is 2. The van der Waals surface area contributed by atoms with Gasteiger partial charge in [-0.25, -0.2) is 0 Å². The summed E-state index contributed by atoms with van der Waals surface area (Å²) in [5.41, 5.74) is 6.45. The molecule has 1 heterocycles. The number of fused-ring (bicyclic) bond motifs is 1. The summed E-state index contributed by atoms with van der Waals surface area (Å²) in [5.74, 6) is -0.587. The number of rotatable bonds is 4. The van der Waals surface area contributed by atoms with E-state index in [0.29, 0.717) is 11.1 Å². The predicted octanol–water partition coefficient (Wildman–Crippen LogP) is 0.256. The minimum atomic E-state index is -0.410. The summed E-state index contributed by atoms with van der Waals surface area (Å²) < 4.78 is 4.98. The zero-order valence-electron chi connectivity index (χ0n) is 9.55. The molecule has 1 aromatic rings. The van der Waals surface area contributed by atoms with Gasteiger partial charge in [0.15, 0.2) is 0 Å². The van der Waals surface area contributed by atoms with Crippen molar-refractivity contribution in [3.05, 3.63) is 35.4 Å². The Hall–Kier alpha value is -1.72. The van der Waals surface area contributed by atoms with E-state index in [1.165, 1.54) is 12.0 Å². The Bertz CT molecular complexity index is 424. The van der Waals surface area contributed by atoms with Crippen molar-refractivity contribution in [3.8, 4) is 0 Å². The zero-order chi connectivity index (χ0) is 12.4. The Labute approximate surface area is 99.2 Å². The maximum atomic E-state index is 12.1. The molecule has 1 aliphatic rings. The van der Waals surface area contributed by atoms with Crippen molar-refractivity contribution in [1.29, 1.82) is 0 Å².